The second-order valence-electron chi connectivity index (χ2n) is 39.6. The monoisotopic (exact) mass is 1680 g/mol. The highest BCUT2D eigenvalue weighted by Crippen LogP contribution is 2.56. The fourth-order valence-electron chi connectivity index (χ4n) is 20.7. The van der Waals surface area contributed by atoms with Crippen molar-refractivity contribution in [1.29, 1.82) is 0 Å². The van der Waals surface area contributed by atoms with Crippen LogP contribution in [0.2, 0.25) is 0 Å². The Bertz CT molecular complexity index is 8140. The molecule has 0 N–H and O–H groups in total. The van der Waals surface area contributed by atoms with E-state index < -0.39 is 0 Å². The van der Waals surface area contributed by atoms with Crippen LogP contribution < -0.4 is 19.6 Å². The summed E-state index contributed by atoms with van der Waals surface area (Å²) < 4.78 is 27.7. The van der Waals surface area contributed by atoms with Gasteiger partial charge in [0.15, 0.2) is 22.3 Å². The summed E-state index contributed by atoms with van der Waals surface area (Å²) in [6.45, 7) is 31.6. The maximum absolute atomic E-state index is 7.08. The first-order chi connectivity index (χ1) is 62.9. The van der Waals surface area contributed by atoms with Crippen LogP contribution in [-0.2, 0) is 21.7 Å². The molecule has 0 unspecified atom stereocenters. The van der Waals surface area contributed by atoms with Crippen molar-refractivity contribution >= 4 is 221 Å². The van der Waals surface area contributed by atoms with Crippen molar-refractivity contribution in [2.24, 2.45) is 0 Å². The number of para-hydroxylation sites is 10. The first-order valence-electron chi connectivity index (χ1n) is 45.5. The number of aryl methyl sites for hydroxylation is 2. The third kappa shape index (κ3) is 12.8. The molecule has 0 aliphatic carbocycles. The highest BCUT2D eigenvalue weighted by atomic mass is 16.3. The molecule has 130 heavy (non-hydrogen) atoms. The molecule has 0 aliphatic rings. The van der Waals surface area contributed by atoms with E-state index in [2.05, 4.69) is 456 Å². The average Bonchev–Trinajstić information content (AvgIpc) is 0.953. The number of hydrogen-bond acceptors (Lipinski definition) is 8. The Balaban J connectivity index is 0.000000148. The van der Waals surface area contributed by atoms with Gasteiger partial charge in [0.05, 0.1) is 45.5 Å². The van der Waals surface area contributed by atoms with Crippen LogP contribution in [0.25, 0.3) is 152 Å². The van der Waals surface area contributed by atoms with Gasteiger partial charge in [0.25, 0.3) is 0 Å². The van der Waals surface area contributed by atoms with Crippen molar-refractivity contribution in [3.63, 3.8) is 0 Å². The fraction of sp³-hybridized carbons (Fsp3) is 0.148. The number of fused-ring (bicyclic) bond motifs is 12. The molecule has 0 saturated heterocycles. The van der Waals surface area contributed by atoms with E-state index >= 15 is 0 Å². The molecule has 0 fully saturated rings. The van der Waals surface area contributed by atoms with Gasteiger partial charge >= 0.3 is 0 Å². The number of rotatable bonds is 12. The van der Waals surface area contributed by atoms with Crippen LogP contribution >= 0.6 is 0 Å². The van der Waals surface area contributed by atoms with Gasteiger partial charge in [-0.1, -0.05) is 338 Å². The highest BCUT2D eigenvalue weighted by Gasteiger charge is 2.33. The van der Waals surface area contributed by atoms with E-state index in [4.69, 9.17) is 17.7 Å². The van der Waals surface area contributed by atoms with Crippen molar-refractivity contribution < 1.29 is 17.7 Å². The van der Waals surface area contributed by atoms with Gasteiger partial charge in [0.1, 0.15) is 22.3 Å². The maximum Gasteiger partial charge on any atom is 0.159 e. The van der Waals surface area contributed by atoms with Crippen LogP contribution in [0.15, 0.2) is 370 Å². The molecule has 0 bridgehead atoms. The third-order valence-corrected chi connectivity index (χ3v) is 27.3. The number of hydrogen-bond donors (Lipinski definition) is 0. The van der Waals surface area contributed by atoms with Gasteiger partial charge in [0.2, 0.25) is 0 Å². The van der Waals surface area contributed by atoms with Gasteiger partial charge in [-0.25, -0.2) is 0 Å². The zero-order chi connectivity index (χ0) is 88.7. The maximum atomic E-state index is 7.08. The standard InChI is InChI=1S/C62H52N2O2.C60H48N2O2/c1-37-17-9-11-25-49(37)63(53-27-15-21-43-41-19-13-23-47(61(3,4)5)57(41)65-59(43)53)51-35-31-39-30-34-46-52(36-32-40-29-33-45(51)55(39)56(40)46)64(50-26-12-10-18-38(50)2)54-28-16-22-44-42-20-14-24-48(62(6,7)8)58(42)66-60(44)54;1-59(2,3)39-25-29-41(30-26-39)61(51-17-11-15-45-43-13-7-9-19-53(43)63-57(45)51)49-35-23-37-22-34-48-50(36-24-38-21-33-47(49)55(37)56(38)48)62(42-31-27-40(28-32-42)60(4,5)6)52-18-12-16-46-44-14-8-10-20-54(44)64-58(46)52/h9-36H,1-8H3;7-36H,1-6H3. The molecule has 24 rings (SSSR count). The van der Waals surface area contributed by atoms with Gasteiger partial charge in [0, 0.05) is 98.5 Å². The van der Waals surface area contributed by atoms with E-state index in [1.807, 2.05) is 12.1 Å². The first-order valence-corrected chi connectivity index (χ1v) is 45.5. The lowest BCUT2D eigenvalue weighted by atomic mass is 9.86. The van der Waals surface area contributed by atoms with Crippen molar-refractivity contribution in [1.82, 2.24) is 0 Å². The van der Waals surface area contributed by atoms with Crippen LogP contribution in [0, 0.1) is 13.8 Å². The molecule has 8 heteroatoms. The molecular formula is C122H100N4O4. The van der Waals surface area contributed by atoms with E-state index in [0.717, 1.165) is 156 Å². The van der Waals surface area contributed by atoms with Crippen LogP contribution in [0.4, 0.5) is 68.2 Å². The van der Waals surface area contributed by atoms with E-state index in [0.29, 0.717) is 0 Å². The lowest BCUT2D eigenvalue weighted by Gasteiger charge is -2.30. The zero-order valence-electron chi connectivity index (χ0n) is 75.9. The molecule has 0 amide bonds. The summed E-state index contributed by atoms with van der Waals surface area (Å²) in [5.41, 5.74) is 27.1. The lowest BCUT2D eigenvalue weighted by molar-refractivity contribution is 0.572. The minimum Gasteiger partial charge on any atom is -0.454 e. The van der Waals surface area contributed by atoms with Gasteiger partial charge in [-0.15, -0.1) is 0 Å². The number of anilines is 12. The summed E-state index contributed by atoms with van der Waals surface area (Å²) in [4.78, 5) is 9.65. The van der Waals surface area contributed by atoms with Crippen LogP contribution in [0.3, 0.4) is 0 Å². The largest absolute Gasteiger partial charge is 0.454 e. The summed E-state index contributed by atoms with van der Waals surface area (Å²) in [6, 6.07) is 128. The molecule has 0 spiro atoms. The second-order valence-corrected chi connectivity index (χ2v) is 39.6. The van der Waals surface area contributed by atoms with E-state index in [9.17, 15) is 0 Å². The molecule has 0 atom stereocenters. The third-order valence-electron chi connectivity index (χ3n) is 27.3. The predicted octanol–water partition coefficient (Wildman–Crippen LogP) is 36.5. The normalized spacial score (nSPS) is 12.5. The summed E-state index contributed by atoms with van der Waals surface area (Å²) in [5, 5.41) is 23.3. The predicted molar refractivity (Wildman–Crippen MR) is 552 cm³/mol. The average molecular weight is 1690 g/mol. The molecule has 0 saturated carbocycles. The van der Waals surface area contributed by atoms with E-state index in [1.165, 1.54) is 98.0 Å². The van der Waals surface area contributed by atoms with Crippen LogP contribution in [0.5, 0.6) is 0 Å². The van der Waals surface area contributed by atoms with Crippen molar-refractivity contribution in [2.75, 3.05) is 19.6 Å². The Labute approximate surface area is 756 Å². The summed E-state index contributed by atoms with van der Waals surface area (Å²) in [7, 11) is 0. The van der Waals surface area contributed by atoms with E-state index in [1.54, 1.807) is 0 Å². The zero-order valence-corrected chi connectivity index (χ0v) is 75.9. The van der Waals surface area contributed by atoms with Crippen LogP contribution in [-0.4, -0.2) is 0 Å². The molecule has 8 nitrogen and oxygen atoms in total. The van der Waals surface area contributed by atoms with Crippen molar-refractivity contribution in [2.45, 2.75) is 119 Å². The summed E-state index contributed by atoms with van der Waals surface area (Å²) in [6.07, 6.45) is 0. The number of benzene rings is 20. The van der Waals surface area contributed by atoms with Gasteiger partial charge in [-0.2, -0.15) is 0 Å². The topological polar surface area (TPSA) is 65.5 Å². The Morgan fingerprint density at radius 3 is 0.754 bits per heavy atom. The van der Waals surface area contributed by atoms with Crippen molar-refractivity contribution in [3.8, 4) is 0 Å². The molecule has 20 aromatic carbocycles. The number of furan rings is 4. The molecule has 0 radical (unpaired) electrons. The molecule has 24 aromatic rings. The Morgan fingerprint density at radius 1 is 0.177 bits per heavy atom. The molecule has 0 aliphatic heterocycles. The van der Waals surface area contributed by atoms with Gasteiger partial charge in [-0.05, 0) is 198 Å². The van der Waals surface area contributed by atoms with Gasteiger partial charge in [-0.3, -0.25) is 0 Å². The molecule has 4 aromatic heterocycles. The minimum atomic E-state index is -0.0860. The molecular weight excluding hydrogens is 1590 g/mol. The van der Waals surface area contributed by atoms with Crippen molar-refractivity contribution in [3.05, 3.63) is 385 Å². The number of nitrogens with zero attached hydrogens (tertiary/aromatic N) is 4. The van der Waals surface area contributed by atoms with Crippen LogP contribution in [0.1, 0.15) is 116 Å². The Hall–Kier alpha value is -15.1. The fourth-order valence-corrected chi connectivity index (χ4v) is 20.7. The SMILES string of the molecule is CC(C)(C)c1ccc(N(c2ccc3ccc4c(N(c5ccc(C(C)(C)C)cc5)c5cccc6c5oc5ccccc56)ccc5ccc2c3c54)c2cccc3c2oc2ccccc23)cc1.Cc1ccccc1N(c1ccc2ccc3c(N(c4ccccc4C)c4cccc5c4oc4c(C(C)(C)C)cccc45)ccc4ccc1c2c43)c1cccc2c1oc1c(C(C)(C)C)cccc12. The van der Waals surface area contributed by atoms with Gasteiger partial charge < -0.3 is 37.3 Å². The Morgan fingerprint density at radius 2 is 0.431 bits per heavy atom. The summed E-state index contributed by atoms with van der Waals surface area (Å²) in [5.74, 6) is 0. The highest BCUT2D eigenvalue weighted by molar-refractivity contribution is 6.31. The smallest absolute Gasteiger partial charge is 0.159 e. The molecule has 632 valence electrons. The van der Waals surface area contributed by atoms with E-state index in [-0.39, 0.29) is 21.7 Å². The molecule has 4 heterocycles. The minimum absolute atomic E-state index is 0.0191. The summed E-state index contributed by atoms with van der Waals surface area (Å²) >= 11 is 0. The quantitative estimate of drug-likeness (QED) is 0.112. The second kappa shape index (κ2) is 29.7. The first kappa shape index (κ1) is 79.5. The lowest BCUT2D eigenvalue weighted by Crippen LogP contribution is -2.14. The Kier molecular flexibility index (Phi) is 18.2.